The largest absolute Gasteiger partial charge is 0.493 e. The number of carboxylic acids is 1. The number of aromatic amines is 1. The number of nitrogens with one attached hydrogen (secondary N) is 2. The second kappa shape index (κ2) is 7.34. The summed E-state index contributed by atoms with van der Waals surface area (Å²) < 4.78 is 18.9. The van der Waals surface area contributed by atoms with E-state index >= 15 is 0 Å². The van der Waals surface area contributed by atoms with Crippen LogP contribution in [0.15, 0.2) is 48.7 Å². The van der Waals surface area contributed by atoms with E-state index in [1.165, 1.54) is 12.1 Å². The van der Waals surface area contributed by atoms with Gasteiger partial charge in [0.05, 0.1) is 12.5 Å². The highest BCUT2D eigenvalue weighted by Gasteiger charge is 2.31. The number of halogens is 1. The van der Waals surface area contributed by atoms with Gasteiger partial charge in [-0.3, -0.25) is 4.79 Å². The summed E-state index contributed by atoms with van der Waals surface area (Å²) in [6, 6.07) is 10.5. The Kier molecular flexibility index (Phi) is 4.73. The minimum Gasteiger partial charge on any atom is -0.493 e. The van der Waals surface area contributed by atoms with Crippen LogP contribution in [0.25, 0.3) is 10.9 Å². The van der Waals surface area contributed by atoms with Crippen LogP contribution < -0.4 is 10.1 Å². The van der Waals surface area contributed by atoms with Gasteiger partial charge < -0.3 is 20.1 Å². The van der Waals surface area contributed by atoms with Gasteiger partial charge in [-0.15, -0.1) is 0 Å². The summed E-state index contributed by atoms with van der Waals surface area (Å²) in [7, 11) is 0. The van der Waals surface area contributed by atoms with Crippen LogP contribution in [0.3, 0.4) is 0 Å². The number of rotatable bonds is 5. The van der Waals surface area contributed by atoms with Crippen LogP contribution in [0.2, 0.25) is 0 Å². The predicted octanol–water partition coefficient (Wildman–Crippen LogP) is 2.99. The number of fused-ring (bicyclic) bond motifs is 2. The molecule has 0 radical (unpaired) electrons. The number of aromatic nitrogens is 1. The molecule has 0 bridgehead atoms. The summed E-state index contributed by atoms with van der Waals surface area (Å²) in [6.07, 6.45) is 2.23. The number of H-pyrrole nitrogens is 1. The fourth-order valence-corrected chi connectivity index (χ4v) is 3.63. The van der Waals surface area contributed by atoms with Crippen molar-refractivity contribution in [3.05, 3.63) is 65.6 Å². The highest BCUT2D eigenvalue weighted by atomic mass is 19.1. The Morgan fingerprint density at radius 1 is 1.29 bits per heavy atom. The molecule has 1 aliphatic heterocycles. The molecule has 3 aromatic rings. The fourth-order valence-electron chi connectivity index (χ4n) is 3.63. The SMILES string of the molecule is O=C(O)[C@H](Cc1c[nH]c2cc(F)ccc12)NC(=O)[C@H]1CCOc2ccccc21. The molecule has 144 valence electrons. The van der Waals surface area contributed by atoms with E-state index in [4.69, 9.17) is 4.74 Å². The molecule has 6 nitrogen and oxygen atoms in total. The minimum absolute atomic E-state index is 0.0948. The number of benzene rings is 2. The number of carboxylic acid groups (broad SMARTS) is 1. The van der Waals surface area contributed by atoms with E-state index in [-0.39, 0.29) is 18.1 Å². The lowest BCUT2D eigenvalue weighted by Crippen LogP contribution is -2.45. The quantitative estimate of drug-likeness (QED) is 0.633. The van der Waals surface area contributed by atoms with E-state index < -0.39 is 17.9 Å². The lowest BCUT2D eigenvalue weighted by Gasteiger charge is -2.26. The number of aliphatic carboxylic acids is 1. The van der Waals surface area contributed by atoms with Gasteiger partial charge in [-0.2, -0.15) is 0 Å². The molecule has 28 heavy (non-hydrogen) atoms. The third-order valence-electron chi connectivity index (χ3n) is 5.04. The van der Waals surface area contributed by atoms with E-state index in [0.29, 0.717) is 29.9 Å². The molecule has 0 aliphatic carbocycles. The smallest absolute Gasteiger partial charge is 0.326 e. The number of hydrogen-bond donors (Lipinski definition) is 3. The summed E-state index contributed by atoms with van der Waals surface area (Å²) in [5.74, 6) is -1.63. The van der Waals surface area contributed by atoms with Crippen LogP contribution in [0.4, 0.5) is 4.39 Å². The number of hydrogen-bond acceptors (Lipinski definition) is 3. The molecule has 0 spiro atoms. The molecule has 0 unspecified atom stereocenters. The van der Waals surface area contributed by atoms with Crippen molar-refractivity contribution in [1.82, 2.24) is 10.3 Å². The Morgan fingerprint density at radius 3 is 2.93 bits per heavy atom. The molecule has 0 saturated carbocycles. The summed E-state index contributed by atoms with van der Waals surface area (Å²) >= 11 is 0. The summed E-state index contributed by atoms with van der Waals surface area (Å²) in [4.78, 5) is 27.5. The maximum Gasteiger partial charge on any atom is 0.326 e. The Bertz CT molecular complexity index is 1050. The van der Waals surface area contributed by atoms with Gasteiger partial charge in [0.15, 0.2) is 0 Å². The maximum atomic E-state index is 13.4. The van der Waals surface area contributed by atoms with Gasteiger partial charge in [0.25, 0.3) is 0 Å². The molecule has 1 amide bonds. The predicted molar refractivity (Wildman–Crippen MR) is 101 cm³/mol. The lowest BCUT2D eigenvalue weighted by molar-refractivity contribution is -0.142. The second-order valence-electron chi connectivity index (χ2n) is 6.83. The molecule has 2 atom stereocenters. The van der Waals surface area contributed by atoms with Gasteiger partial charge >= 0.3 is 5.97 Å². The maximum absolute atomic E-state index is 13.4. The molecule has 1 aromatic heterocycles. The monoisotopic (exact) mass is 382 g/mol. The zero-order chi connectivity index (χ0) is 19.7. The number of amides is 1. The van der Waals surface area contributed by atoms with Gasteiger partial charge in [-0.05, 0) is 36.2 Å². The average Bonchev–Trinajstić information content (AvgIpc) is 3.08. The first-order valence-electron chi connectivity index (χ1n) is 9.03. The summed E-state index contributed by atoms with van der Waals surface area (Å²) in [5, 5.41) is 13.0. The molecule has 2 aromatic carbocycles. The molecule has 3 N–H and O–H groups in total. The van der Waals surface area contributed by atoms with Crippen molar-refractivity contribution in [2.45, 2.75) is 24.8 Å². The average molecular weight is 382 g/mol. The number of carbonyl (C=O) groups is 2. The lowest BCUT2D eigenvalue weighted by atomic mass is 9.92. The molecule has 2 heterocycles. The van der Waals surface area contributed by atoms with Gasteiger partial charge in [0.1, 0.15) is 17.6 Å². The van der Waals surface area contributed by atoms with Crippen LogP contribution in [-0.4, -0.2) is 34.6 Å². The molecule has 0 fully saturated rings. The van der Waals surface area contributed by atoms with Crippen molar-refractivity contribution in [3.63, 3.8) is 0 Å². The molecule has 1 aliphatic rings. The third kappa shape index (κ3) is 3.43. The summed E-state index contributed by atoms with van der Waals surface area (Å²) in [5.41, 5.74) is 2.05. The van der Waals surface area contributed by atoms with E-state index in [9.17, 15) is 19.1 Å². The highest BCUT2D eigenvalue weighted by molar-refractivity contribution is 5.90. The van der Waals surface area contributed by atoms with E-state index in [0.717, 1.165) is 10.9 Å². The van der Waals surface area contributed by atoms with E-state index in [2.05, 4.69) is 10.3 Å². The van der Waals surface area contributed by atoms with Gasteiger partial charge in [-0.25, -0.2) is 9.18 Å². The summed E-state index contributed by atoms with van der Waals surface area (Å²) in [6.45, 7) is 0.404. The normalized spacial score (nSPS) is 16.8. The van der Waals surface area contributed by atoms with Crippen molar-refractivity contribution >= 4 is 22.8 Å². The van der Waals surface area contributed by atoms with Crippen LogP contribution in [-0.2, 0) is 16.0 Å². The second-order valence-corrected chi connectivity index (χ2v) is 6.83. The minimum atomic E-state index is -1.12. The fraction of sp³-hybridized carbons (Fsp3) is 0.238. The first-order chi connectivity index (χ1) is 13.5. The first-order valence-corrected chi connectivity index (χ1v) is 9.03. The van der Waals surface area contributed by atoms with Crippen molar-refractivity contribution < 1.29 is 23.8 Å². The van der Waals surface area contributed by atoms with Crippen LogP contribution in [0.5, 0.6) is 5.75 Å². The van der Waals surface area contributed by atoms with Gasteiger partial charge in [-0.1, -0.05) is 18.2 Å². The zero-order valence-corrected chi connectivity index (χ0v) is 14.9. The Labute approximate surface area is 160 Å². The molecule has 0 saturated heterocycles. The van der Waals surface area contributed by atoms with E-state index in [1.807, 2.05) is 18.2 Å². The number of ether oxygens (including phenoxy) is 1. The molecular weight excluding hydrogens is 363 g/mol. The number of carbonyl (C=O) groups excluding carboxylic acids is 1. The van der Waals surface area contributed by atoms with Crippen molar-refractivity contribution in [3.8, 4) is 5.75 Å². The van der Waals surface area contributed by atoms with Crippen molar-refractivity contribution in [2.75, 3.05) is 6.61 Å². The zero-order valence-electron chi connectivity index (χ0n) is 14.9. The number of para-hydroxylation sites is 1. The van der Waals surface area contributed by atoms with Crippen molar-refractivity contribution in [1.29, 1.82) is 0 Å². The molecular formula is C21H19FN2O4. The van der Waals surface area contributed by atoms with Crippen LogP contribution in [0.1, 0.15) is 23.5 Å². The van der Waals surface area contributed by atoms with E-state index in [1.54, 1.807) is 18.3 Å². The van der Waals surface area contributed by atoms with Crippen LogP contribution >= 0.6 is 0 Å². The van der Waals surface area contributed by atoms with Crippen LogP contribution in [0, 0.1) is 5.82 Å². The molecule has 4 rings (SSSR count). The van der Waals surface area contributed by atoms with Crippen molar-refractivity contribution in [2.24, 2.45) is 0 Å². The van der Waals surface area contributed by atoms with Gasteiger partial charge in [0.2, 0.25) is 5.91 Å². The van der Waals surface area contributed by atoms with Gasteiger partial charge in [0, 0.05) is 29.1 Å². The standard InChI is InChI=1S/C21H19FN2O4/c22-13-5-6-14-12(11-23-17(14)10-13)9-18(21(26)27)24-20(25)16-7-8-28-19-4-2-1-3-15(16)19/h1-6,10-11,16,18,23H,7-9H2,(H,24,25)(H,26,27)/t16-,18-/m0/s1. The Balaban J connectivity index is 1.54. The first kappa shape index (κ1) is 18.0. The molecule has 7 heteroatoms. The Hall–Kier alpha value is -3.35. The third-order valence-corrected chi connectivity index (χ3v) is 5.04. The Morgan fingerprint density at radius 2 is 2.11 bits per heavy atom. The highest BCUT2D eigenvalue weighted by Crippen LogP contribution is 2.33. The topological polar surface area (TPSA) is 91.4 Å².